The van der Waals surface area contributed by atoms with Gasteiger partial charge in [0.15, 0.2) is 0 Å². The second-order valence-electron chi connectivity index (χ2n) is 4.63. The smallest absolute Gasteiger partial charge is 0.253 e. The Hall–Kier alpha value is -1.88. The largest absolute Gasteiger partial charge is 0.343 e. The number of carbonyl (C=O) groups is 2. The highest BCUT2D eigenvalue weighted by atomic mass is 16.2. The number of hydrazine groups is 1. The molecule has 5 heteroatoms. The van der Waals surface area contributed by atoms with Gasteiger partial charge in [0.05, 0.1) is 6.54 Å². The van der Waals surface area contributed by atoms with E-state index in [0.29, 0.717) is 5.56 Å². The highest BCUT2D eigenvalue weighted by Gasteiger charge is 2.13. The standard InChI is InChI=1S/C14H19N3O2/c18-13(16-17-9-5-2-6-10-17)11-15-14(19)12-7-3-1-4-8-12/h1,3-4,7-8H,2,5-6,9-11H2,(H,15,19)(H,16,18). The Morgan fingerprint density at radius 2 is 1.74 bits per heavy atom. The second-order valence-corrected chi connectivity index (χ2v) is 4.63. The molecule has 2 rings (SSSR count). The van der Waals surface area contributed by atoms with Crippen molar-refractivity contribution in [3.8, 4) is 0 Å². The first-order valence-corrected chi connectivity index (χ1v) is 6.63. The Morgan fingerprint density at radius 3 is 2.42 bits per heavy atom. The predicted molar refractivity (Wildman–Crippen MR) is 72.3 cm³/mol. The molecule has 0 atom stereocenters. The molecule has 1 aliphatic rings. The van der Waals surface area contributed by atoms with E-state index in [2.05, 4.69) is 10.7 Å². The van der Waals surface area contributed by atoms with Crippen LogP contribution in [0.5, 0.6) is 0 Å². The molecule has 1 heterocycles. The van der Waals surface area contributed by atoms with Crippen molar-refractivity contribution in [1.29, 1.82) is 0 Å². The number of nitrogens with zero attached hydrogens (tertiary/aromatic N) is 1. The molecule has 1 aliphatic heterocycles. The summed E-state index contributed by atoms with van der Waals surface area (Å²) in [6.45, 7) is 1.78. The number of nitrogens with one attached hydrogen (secondary N) is 2. The fourth-order valence-corrected chi connectivity index (χ4v) is 2.07. The number of amides is 2. The molecule has 1 saturated heterocycles. The van der Waals surface area contributed by atoms with E-state index in [9.17, 15) is 9.59 Å². The average Bonchev–Trinajstić information content (AvgIpc) is 2.47. The van der Waals surface area contributed by atoms with Gasteiger partial charge in [-0.3, -0.25) is 15.0 Å². The van der Waals surface area contributed by atoms with Crippen LogP contribution in [0.1, 0.15) is 29.6 Å². The molecule has 2 N–H and O–H groups in total. The molecule has 102 valence electrons. The SMILES string of the molecule is O=C(CNC(=O)c1ccccc1)NN1CCCCC1. The van der Waals surface area contributed by atoms with Crippen molar-refractivity contribution in [3.63, 3.8) is 0 Å². The Balaban J connectivity index is 1.72. The van der Waals surface area contributed by atoms with Gasteiger partial charge in [-0.05, 0) is 25.0 Å². The first-order chi connectivity index (χ1) is 9.25. The van der Waals surface area contributed by atoms with E-state index in [1.807, 2.05) is 11.1 Å². The molecule has 0 aromatic heterocycles. The summed E-state index contributed by atoms with van der Waals surface area (Å²) in [5.41, 5.74) is 3.37. The van der Waals surface area contributed by atoms with Crippen LogP contribution in [0.4, 0.5) is 0 Å². The fraction of sp³-hybridized carbons (Fsp3) is 0.429. The lowest BCUT2D eigenvalue weighted by Gasteiger charge is -2.26. The van der Waals surface area contributed by atoms with Crippen molar-refractivity contribution in [3.05, 3.63) is 35.9 Å². The van der Waals surface area contributed by atoms with E-state index >= 15 is 0 Å². The summed E-state index contributed by atoms with van der Waals surface area (Å²) in [6, 6.07) is 8.88. The Bertz CT molecular complexity index is 428. The first-order valence-electron chi connectivity index (χ1n) is 6.63. The fourth-order valence-electron chi connectivity index (χ4n) is 2.07. The third-order valence-corrected chi connectivity index (χ3v) is 3.08. The number of benzene rings is 1. The van der Waals surface area contributed by atoms with Crippen molar-refractivity contribution in [2.45, 2.75) is 19.3 Å². The van der Waals surface area contributed by atoms with Gasteiger partial charge in [-0.25, -0.2) is 5.01 Å². The molecule has 19 heavy (non-hydrogen) atoms. The zero-order valence-corrected chi connectivity index (χ0v) is 10.9. The number of piperidine rings is 1. The van der Waals surface area contributed by atoms with Crippen LogP contribution in [0.2, 0.25) is 0 Å². The normalized spacial score (nSPS) is 15.8. The molecular weight excluding hydrogens is 242 g/mol. The molecule has 0 saturated carbocycles. The lowest BCUT2D eigenvalue weighted by atomic mass is 10.2. The van der Waals surface area contributed by atoms with Crippen LogP contribution in [0, 0.1) is 0 Å². The van der Waals surface area contributed by atoms with Crippen LogP contribution in [0.15, 0.2) is 30.3 Å². The van der Waals surface area contributed by atoms with Gasteiger partial charge in [-0.1, -0.05) is 24.6 Å². The number of rotatable bonds is 4. The minimum Gasteiger partial charge on any atom is -0.343 e. The molecule has 0 bridgehead atoms. The lowest BCUT2D eigenvalue weighted by Crippen LogP contribution is -2.48. The van der Waals surface area contributed by atoms with Crippen molar-refractivity contribution < 1.29 is 9.59 Å². The summed E-state index contributed by atoms with van der Waals surface area (Å²) >= 11 is 0. The molecule has 0 spiro atoms. The van der Waals surface area contributed by atoms with Crippen LogP contribution in [-0.2, 0) is 4.79 Å². The van der Waals surface area contributed by atoms with Gasteiger partial charge in [0, 0.05) is 18.7 Å². The van der Waals surface area contributed by atoms with Crippen LogP contribution < -0.4 is 10.7 Å². The van der Waals surface area contributed by atoms with Gasteiger partial charge in [0.25, 0.3) is 11.8 Å². The van der Waals surface area contributed by atoms with Crippen molar-refractivity contribution in [2.75, 3.05) is 19.6 Å². The summed E-state index contributed by atoms with van der Waals surface area (Å²) in [7, 11) is 0. The minimum absolute atomic E-state index is 0.00419. The van der Waals surface area contributed by atoms with Crippen molar-refractivity contribution in [2.24, 2.45) is 0 Å². The van der Waals surface area contributed by atoms with E-state index in [4.69, 9.17) is 0 Å². The summed E-state index contributed by atoms with van der Waals surface area (Å²) in [5.74, 6) is -0.402. The average molecular weight is 261 g/mol. The topological polar surface area (TPSA) is 61.4 Å². The molecule has 0 unspecified atom stereocenters. The van der Waals surface area contributed by atoms with Crippen LogP contribution in [0.3, 0.4) is 0 Å². The maximum Gasteiger partial charge on any atom is 0.253 e. The Morgan fingerprint density at radius 1 is 1.05 bits per heavy atom. The molecule has 2 amide bonds. The number of carbonyl (C=O) groups excluding carboxylic acids is 2. The van der Waals surface area contributed by atoms with Gasteiger partial charge in [-0.2, -0.15) is 0 Å². The van der Waals surface area contributed by atoms with Crippen LogP contribution >= 0.6 is 0 Å². The first kappa shape index (κ1) is 13.5. The van der Waals surface area contributed by atoms with Gasteiger partial charge in [-0.15, -0.1) is 0 Å². The summed E-state index contributed by atoms with van der Waals surface area (Å²) in [4.78, 5) is 23.4. The monoisotopic (exact) mass is 261 g/mol. The van der Waals surface area contributed by atoms with Crippen LogP contribution in [0.25, 0.3) is 0 Å². The van der Waals surface area contributed by atoms with Crippen molar-refractivity contribution in [1.82, 2.24) is 15.8 Å². The zero-order chi connectivity index (χ0) is 13.5. The minimum atomic E-state index is -0.227. The quantitative estimate of drug-likeness (QED) is 0.847. The molecule has 1 aromatic carbocycles. The molecule has 1 aromatic rings. The maximum absolute atomic E-state index is 11.7. The Labute approximate surface area is 112 Å². The maximum atomic E-state index is 11.7. The van der Waals surface area contributed by atoms with Gasteiger partial charge < -0.3 is 5.32 Å². The van der Waals surface area contributed by atoms with E-state index in [-0.39, 0.29) is 18.4 Å². The molecule has 0 aliphatic carbocycles. The van der Waals surface area contributed by atoms with Gasteiger partial charge in [0.2, 0.25) is 0 Å². The molecule has 5 nitrogen and oxygen atoms in total. The zero-order valence-electron chi connectivity index (χ0n) is 10.9. The van der Waals surface area contributed by atoms with E-state index < -0.39 is 0 Å². The summed E-state index contributed by atoms with van der Waals surface area (Å²) < 4.78 is 0. The molecule has 1 fully saturated rings. The van der Waals surface area contributed by atoms with E-state index in [1.165, 1.54) is 6.42 Å². The number of hydrogen-bond acceptors (Lipinski definition) is 3. The van der Waals surface area contributed by atoms with Gasteiger partial charge in [0.1, 0.15) is 0 Å². The van der Waals surface area contributed by atoms with Crippen molar-refractivity contribution >= 4 is 11.8 Å². The van der Waals surface area contributed by atoms with Gasteiger partial charge >= 0.3 is 0 Å². The molecular formula is C14H19N3O2. The summed E-state index contributed by atoms with van der Waals surface area (Å²) in [6.07, 6.45) is 3.43. The summed E-state index contributed by atoms with van der Waals surface area (Å²) in [5, 5.41) is 4.53. The lowest BCUT2D eigenvalue weighted by molar-refractivity contribution is -0.125. The highest BCUT2D eigenvalue weighted by molar-refractivity contribution is 5.96. The third kappa shape index (κ3) is 4.37. The highest BCUT2D eigenvalue weighted by Crippen LogP contribution is 2.05. The second kappa shape index (κ2) is 6.89. The van der Waals surface area contributed by atoms with E-state index in [1.54, 1.807) is 24.3 Å². The third-order valence-electron chi connectivity index (χ3n) is 3.08. The predicted octanol–water partition coefficient (Wildman–Crippen LogP) is 0.933. The van der Waals surface area contributed by atoms with Crippen LogP contribution in [-0.4, -0.2) is 36.5 Å². The number of hydrogen-bond donors (Lipinski definition) is 2. The molecule has 0 radical (unpaired) electrons. The Kier molecular flexibility index (Phi) is 4.92. The van der Waals surface area contributed by atoms with E-state index in [0.717, 1.165) is 25.9 Å².